The third kappa shape index (κ3) is 4.04. The fraction of sp³-hybridized carbons (Fsp3) is 0.676. The molecule has 0 radical (unpaired) electrons. The van der Waals surface area contributed by atoms with Crippen molar-refractivity contribution in [3.63, 3.8) is 0 Å². The van der Waals surface area contributed by atoms with Gasteiger partial charge in [-0.25, -0.2) is 0 Å². The lowest BCUT2D eigenvalue weighted by Gasteiger charge is -2.72. The van der Waals surface area contributed by atoms with E-state index in [1.54, 1.807) is 18.2 Å². The highest BCUT2D eigenvalue weighted by Gasteiger charge is 2.72. The zero-order chi connectivity index (χ0) is 31.3. The van der Waals surface area contributed by atoms with Crippen molar-refractivity contribution in [1.29, 1.82) is 0 Å². The molecule has 1 aromatic rings. The summed E-state index contributed by atoms with van der Waals surface area (Å²) >= 11 is 0. The van der Waals surface area contributed by atoms with Crippen LogP contribution in [0.3, 0.4) is 0 Å². The SMILES string of the molecule is C=C(C)C1CC[C@]2(C(=O)O)CC[C@]3(C)[C@H](CC[C@@H]4[C@@]5(C)C/C(=C/c6cccc(N([O-])O)c6)C(=O)C(C)(C)C5CC[C@]43C)C12. The molecule has 0 spiro atoms. The number of benzene rings is 1. The second-order valence-electron chi connectivity index (χ2n) is 16.4. The molecule has 9 atom stereocenters. The van der Waals surface area contributed by atoms with Crippen molar-refractivity contribution in [2.75, 3.05) is 5.23 Å². The Bertz CT molecular complexity index is 1390. The maximum atomic E-state index is 14.1. The molecule has 43 heavy (non-hydrogen) atoms. The van der Waals surface area contributed by atoms with E-state index in [-0.39, 0.29) is 50.7 Å². The Morgan fingerprint density at radius 2 is 1.72 bits per heavy atom. The van der Waals surface area contributed by atoms with Gasteiger partial charge in [0.15, 0.2) is 5.78 Å². The van der Waals surface area contributed by atoms with Gasteiger partial charge in [-0.1, -0.05) is 58.9 Å². The van der Waals surface area contributed by atoms with Gasteiger partial charge in [-0.05, 0) is 140 Å². The molecule has 5 fully saturated rings. The minimum atomic E-state index is -0.629. The number of Topliss-reactive ketones (excluding diaryl/α,β-unsaturated/α-hetero) is 1. The molecule has 6 heteroatoms. The first-order valence-corrected chi connectivity index (χ1v) is 16.4. The van der Waals surface area contributed by atoms with Crippen molar-refractivity contribution in [3.05, 3.63) is 52.8 Å². The number of hydrogen-bond acceptors (Lipinski definition) is 5. The van der Waals surface area contributed by atoms with Crippen LogP contribution in [0.15, 0.2) is 42.0 Å². The molecule has 0 saturated heterocycles. The molecule has 234 valence electrons. The number of rotatable bonds is 4. The Labute approximate surface area is 257 Å². The van der Waals surface area contributed by atoms with Crippen LogP contribution in [0.1, 0.15) is 105 Å². The molecular formula is C37H50NO5-. The molecule has 0 amide bonds. The number of hydrogen-bond donors (Lipinski definition) is 2. The van der Waals surface area contributed by atoms with Crippen LogP contribution in [0, 0.1) is 61.9 Å². The summed E-state index contributed by atoms with van der Waals surface area (Å²) in [6, 6.07) is 6.79. The van der Waals surface area contributed by atoms with E-state index < -0.39 is 16.8 Å². The topological polar surface area (TPSA) is 101 Å². The maximum Gasteiger partial charge on any atom is 0.309 e. The first-order valence-electron chi connectivity index (χ1n) is 16.4. The van der Waals surface area contributed by atoms with Crippen LogP contribution in [-0.4, -0.2) is 22.1 Å². The fourth-order valence-corrected chi connectivity index (χ4v) is 12.4. The average molecular weight is 589 g/mol. The van der Waals surface area contributed by atoms with E-state index in [2.05, 4.69) is 48.1 Å². The van der Waals surface area contributed by atoms with Gasteiger partial charge < -0.3 is 15.5 Å². The lowest BCUT2D eigenvalue weighted by molar-refractivity contribution is -0.231. The Kier molecular flexibility index (Phi) is 6.95. The first kappa shape index (κ1) is 30.6. The van der Waals surface area contributed by atoms with Crippen LogP contribution in [0.5, 0.6) is 0 Å². The molecular weight excluding hydrogens is 538 g/mol. The van der Waals surface area contributed by atoms with E-state index in [1.807, 2.05) is 12.1 Å². The predicted octanol–water partition coefficient (Wildman–Crippen LogP) is 8.68. The van der Waals surface area contributed by atoms with Crippen LogP contribution in [0.25, 0.3) is 6.08 Å². The first-order chi connectivity index (χ1) is 20.0. The van der Waals surface area contributed by atoms with Gasteiger partial charge in [0.25, 0.3) is 0 Å². The second-order valence-corrected chi connectivity index (χ2v) is 16.4. The smallest absolute Gasteiger partial charge is 0.309 e. The number of allylic oxidation sites excluding steroid dienone is 2. The highest BCUT2D eigenvalue weighted by Crippen LogP contribution is 2.77. The van der Waals surface area contributed by atoms with Gasteiger partial charge in [-0.15, -0.1) is 0 Å². The number of carbonyl (C=O) groups excluding carboxylic acids is 1. The van der Waals surface area contributed by atoms with Gasteiger partial charge in [0, 0.05) is 5.41 Å². The van der Waals surface area contributed by atoms with Crippen LogP contribution in [-0.2, 0) is 9.59 Å². The summed E-state index contributed by atoms with van der Waals surface area (Å²) < 4.78 is 0. The number of carboxylic acid groups (broad SMARTS) is 1. The van der Waals surface area contributed by atoms with E-state index in [9.17, 15) is 25.1 Å². The Morgan fingerprint density at radius 3 is 2.37 bits per heavy atom. The fourth-order valence-electron chi connectivity index (χ4n) is 12.4. The molecule has 6 nitrogen and oxygen atoms in total. The number of aliphatic carboxylic acids is 1. The second kappa shape index (κ2) is 9.78. The number of anilines is 1. The van der Waals surface area contributed by atoms with Crippen molar-refractivity contribution in [2.24, 2.45) is 56.7 Å². The number of carboxylic acids is 1. The van der Waals surface area contributed by atoms with Gasteiger partial charge in [-0.2, -0.15) is 0 Å². The van der Waals surface area contributed by atoms with Crippen LogP contribution in [0.2, 0.25) is 0 Å². The molecule has 0 aromatic heterocycles. The predicted molar refractivity (Wildman–Crippen MR) is 169 cm³/mol. The minimum absolute atomic E-state index is 0.0219. The van der Waals surface area contributed by atoms with Gasteiger partial charge in [0.2, 0.25) is 0 Å². The molecule has 6 rings (SSSR count). The van der Waals surface area contributed by atoms with E-state index in [4.69, 9.17) is 0 Å². The summed E-state index contributed by atoms with van der Waals surface area (Å²) in [6.07, 6.45) is 10.2. The van der Waals surface area contributed by atoms with Crippen molar-refractivity contribution in [1.82, 2.24) is 0 Å². The molecule has 5 aliphatic rings. The lowest BCUT2D eigenvalue weighted by Crippen LogP contribution is -2.67. The Balaban J connectivity index is 1.41. The molecule has 0 bridgehead atoms. The average Bonchev–Trinajstić information content (AvgIpc) is 3.34. The van der Waals surface area contributed by atoms with E-state index >= 15 is 0 Å². The zero-order valence-corrected chi connectivity index (χ0v) is 26.9. The minimum Gasteiger partial charge on any atom is -0.733 e. The Morgan fingerprint density at radius 1 is 1.00 bits per heavy atom. The molecule has 2 N–H and O–H groups in total. The molecule has 5 saturated carbocycles. The summed E-state index contributed by atoms with van der Waals surface area (Å²) in [7, 11) is 0. The highest BCUT2D eigenvalue weighted by atomic mass is 16.8. The molecule has 3 unspecified atom stereocenters. The van der Waals surface area contributed by atoms with Crippen LogP contribution in [0.4, 0.5) is 5.69 Å². The summed E-state index contributed by atoms with van der Waals surface area (Å²) in [6.45, 7) is 18.2. The summed E-state index contributed by atoms with van der Waals surface area (Å²) in [5, 5.41) is 31.5. The van der Waals surface area contributed by atoms with E-state index in [0.29, 0.717) is 18.3 Å². The maximum absolute atomic E-state index is 14.1. The number of fused-ring (bicyclic) bond motifs is 7. The number of nitrogens with zero attached hydrogens (tertiary/aromatic N) is 1. The third-order valence-electron chi connectivity index (χ3n) is 14.5. The largest absolute Gasteiger partial charge is 0.733 e. The van der Waals surface area contributed by atoms with Crippen molar-refractivity contribution in [3.8, 4) is 0 Å². The summed E-state index contributed by atoms with van der Waals surface area (Å²) in [5.41, 5.74) is 1.67. The Hall–Kier alpha value is -2.44. The van der Waals surface area contributed by atoms with Crippen molar-refractivity contribution < 1.29 is 19.9 Å². The van der Waals surface area contributed by atoms with E-state index in [0.717, 1.165) is 68.1 Å². The normalized spacial score (nSPS) is 44.1. The van der Waals surface area contributed by atoms with E-state index in [1.165, 1.54) is 0 Å². The van der Waals surface area contributed by atoms with Gasteiger partial charge >= 0.3 is 5.97 Å². The van der Waals surface area contributed by atoms with Crippen molar-refractivity contribution in [2.45, 2.75) is 99.3 Å². The van der Waals surface area contributed by atoms with Crippen LogP contribution >= 0.6 is 0 Å². The van der Waals surface area contributed by atoms with Gasteiger partial charge in [-0.3, -0.25) is 14.8 Å². The number of ketones is 1. The van der Waals surface area contributed by atoms with Gasteiger partial charge in [0.05, 0.1) is 11.1 Å². The monoisotopic (exact) mass is 588 g/mol. The number of carbonyl (C=O) groups is 2. The standard InChI is InChI=1S/C37H50NO5/c1-22(2)26-13-16-37(32(40)41)18-17-35(6)27(30(26)37)11-12-29-34(5)21-24(19-23-9-8-10-25(20-23)38(42)43)31(39)33(3,4)28(34)14-15-36(29,35)7/h8-10,19-20,26-30,42H,1,11-18,21H2,2-7H3,(H,40,41)/q-1/b24-19-/t26?,27-,28?,29-,30?,34+,35-,36-,37+/m1/s1. The molecule has 0 aliphatic heterocycles. The molecule has 1 aromatic carbocycles. The third-order valence-corrected chi connectivity index (χ3v) is 14.5. The summed E-state index contributed by atoms with van der Waals surface area (Å²) in [5.74, 6) is 1.04. The van der Waals surface area contributed by atoms with Crippen molar-refractivity contribution >= 4 is 23.5 Å². The molecule has 5 aliphatic carbocycles. The molecule has 0 heterocycles. The lowest BCUT2D eigenvalue weighted by atomic mass is 9.32. The van der Waals surface area contributed by atoms with Gasteiger partial charge in [0.1, 0.15) is 0 Å². The zero-order valence-electron chi connectivity index (χ0n) is 26.9. The quantitative estimate of drug-likeness (QED) is 0.207. The summed E-state index contributed by atoms with van der Waals surface area (Å²) in [4.78, 5) is 27.0. The van der Waals surface area contributed by atoms with Crippen LogP contribution < -0.4 is 5.23 Å². The highest BCUT2D eigenvalue weighted by molar-refractivity contribution is 6.04.